The second-order valence-electron chi connectivity index (χ2n) is 3.48. The zero-order valence-electron chi connectivity index (χ0n) is 8.46. The molecule has 15 heavy (non-hydrogen) atoms. The fourth-order valence-corrected chi connectivity index (χ4v) is 1.34. The Kier molecular flexibility index (Phi) is 3.66. The lowest BCUT2D eigenvalue weighted by Crippen LogP contribution is -1.97. The molecule has 0 aliphatic carbocycles. The van der Waals surface area contributed by atoms with Crippen molar-refractivity contribution in [2.75, 3.05) is 0 Å². The first-order chi connectivity index (χ1) is 7.00. The van der Waals surface area contributed by atoms with Crippen LogP contribution in [0.1, 0.15) is 24.0 Å². The van der Waals surface area contributed by atoms with E-state index in [-0.39, 0.29) is 18.0 Å². The van der Waals surface area contributed by atoms with E-state index in [2.05, 4.69) is 0 Å². The van der Waals surface area contributed by atoms with E-state index < -0.39 is 5.97 Å². The van der Waals surface area contributed by atoms with Gasteiger partial charge in [0.15, 0.2) is 0 Å². The van der Waals surface area contributed by atoms with Crippen molar-refractivity contribution in [3.8, 4) is 5.75 Å². The first-order valence-electron chi connectivity index (χ1n) is 4.70. The first kappa shape index (κ1) is 11.5. The van der Waals surface area contributed by atoms with Gasteiger partial charge in [-0.2, -0.15) is 0 Å². The van der Waals surface area contributed by atoms with Crippen LogP contribution in [-0.4, -0.2) is 16.2 Å². The summed E-state index contributed by atoms with van der Waals surface area (Å²) in [6.07, 6.45) is 0.787. The van der Waals surface area contributed by atoms with Gasteiger partial charge >= 0.3 is 5.97 Å². The Balaban J connectivity index is 2.69. The third-order valence-corrected chi connectivity index (χ3v) is 2.20. The highest BCUT2D eigenvalue weighted by Crippen LogP contribution is 2.22. The van der Waals surface area contributed by atoms with Gasteiger partial charge < -0.3 is 10.2 Å². The summed E-state index contributed by atoms with van der Waals surface area (Å²) in [6.45, 7) is 1.57. The zero-order valence-corrected chi connectivity index (χ0v) is 8.46. The highest BCUT2D eigenvalue weighted by molar-refractivity contribution is 5.66. The molecule has 3 nitrogen and oxygen atoms in total. The summed E-state index contributed by atoms with van der Waals surface area (Å²) in [7, 11) is 0. The maximum Gasteiger partial charge on any atom is 0.303 e. The highest BCUT2D eigenvalue weighted by atomic mass is 19.1. The predicted octanol–water partition coefficient (Wildman–Crippen LogP) is 2.25. The summed E-state index contributed by atoms with van der Waals surface area (Å²) in [5.41, 5.74) is 0.842. The molecule has 0 fully saturated rings. The van der Waals surface area contributed by atoms with Crippen LogP contribution in [0.25, 0.3) is 0 Å². The molecule has 0 bridgehead atoms. The molecule has 0 aliphatic rings. The number of halogens is 1. The monoisotopic (exact) mass is 212 g/mol. The van der Waals surface area contributed by atoms with E-state index in [4.69, 9.17) is 5.11 Å². The van der Waals surface area contributed by atoms with Crippen molar-refractivity contribution < 1.29 is 19.4 Å². The number of hydrogen-bond acceptors (Lipinski definition) is 2. The number of phenols is 1. The molecule has 0 spiro atoms. The number of aryl methyl sites for hydroxylation is 2. The van der Waals surface area contributed by atoms with E-state index in [0.29, 0.717) is 24.0 Å². The van der Waals surface area contributed by atoms with Crippen LogP contribution >= 0.6 is 0 Å². The van der Waals surface area contributed by atoms with Gasteiger partial charge in [0.25, 0.3) is 0 Å². The van der Waals surface area contributed by atoms with Crippen LogP contribution in [0.2, 0.25) is 0 Å². The molecule has 2 N–H and O–H groups in total. The molecule has 0 aromatic heterocycles. The van der Waals surface area contributed by atoms with E-state index in [1.165, 1.54) is 12.1 Å². The number of phenolic OH excluding ortho intramolecular Hbond substituents is 1. The summed E-state index contributed by atoms with van der Waals surface area (Å²) >= 11 is 0. The molecule has 0 radical (unpaired) electrons. The van der Waals surface area contributed by atoms with Gasteiger partial charge in [-0.3, -0.25) is 4.79 Å². The van der Waals surface area contributed by atoms with E-state index >= 15 is 0 Å². The number of aromatic hydroxyl groups is 1. The smallest absolute Gasteiger partial charge is 0.303 e. The fourth-order valence-electron chi connectivity index (χ4n) is 1.34. The number of carboxylic acids is 1. The zero-order chi connectivity index (χ0) is 11.4. The van der Waals surface area contributed by atoms with Gasteiger partial charge in [0.1, 0.15) is 11.6 Å². The lowest BCUT2D eigenvalue weighted by Gasteiger charge is -2.05. The number of benzene rings is 1. The average molecular weight is 212 g/mol. The van der Waals surface area contributed by atoms with Crippen LogP contribution in [0.3, 0.4) is 0 Å². The fraction of sp³-hybridized carbons (Fsp3) is 0.364. The summed E-state index contributed by atoms with van der Waals surface area (Å²) in [4.78, 5) is 10.3. The third kappa shape index (κ3) is 3.23. The Bertz CT molecular complexity index is 374. The maximum absolute atomic E-state index is 13.1. The molecule has 0 aliphatic heterocycles. The van der Waals surface area contributed by atoms with E-state index in [9.17, 15) is 14.3 Å². The van der Waals surface area contributed by atoms with Gasteiger partial charge in [0.05, 0.1) is 0 Å². The van der Waals surface area contributed by atoms with Gasteiger partial charge in [-0.15, -0.1) is 0 Å². The molecule has 82 valence electrons. The normalized spacial score (nSPS) is 10.3. The minimum Gasteiger partial charge on any atom is -0.508 e. The van der Waals surface area contributed by atoms with Crippen molar-refractivity contribution in [2.24, 2.45) is 0 Å². The summed E-state index contributed by atoms with van der Waals surface area (Å²) < 4.78 is 13.1. The van der Waals surface area contributed by atoms with Crippen molar-refractivity contribution in [1.82, 2.24) is 0 Å². The van der Waals surface area contributed by atoms with Crippen molar-refractivity contribution in [2.45, 2.75) is 26.2 Å². The Morgan fingerprint density at radius 3 is 2.73 bits per heavy atom. The molecule has 0 atom stereocenters. The topological polar surface area (TPSA) is 57.5 Å². The van der Waals surface area contributed by atoms with Crippen LogP contribution in [0.15, 0.2) is 12.1 Å². The standard InChI is InChI=1S/C11H13FO3/c1-7-5-10(13)8(6-9(7)12)3-2-4-11(14)15/h5-6,13H,2-4H2,1H3,(H,14,15). The molecular weight excluding hydrogens is 199 g/mol. The van der Waals surface area contributed by atoms with Gasteiger partial charge in [-0.05, 0) is 43.0 Å². The van der Waals surface area contributed by atoms with Crippen LogP contribution < -0.4 is 0 Å². The van der Waals surface area contributed by atoms with Crippen LogP contribution in [0.5, 0.6) is 5.75 Å². The molecule has 0 amide bonds. The molecule has 0 saturated heterocycles. The molecule has 0 unspecified atom stereocenters. The molecule has 1 aromatic carbocycles. The average Bonchev–Trinajstić information content (AvgIpc) is 2.13. The van der Waals surface area contributed by atoms with Gasteiger partial charge in [0.2, 0.25) is 0 Å². The lowest BCUT2D eigenvalue weighted by atomic mass is 10.0. The molecular formula is C11H13FO3. The second kappa shape index (κ2) is 4.77. The van der Waals surface area contributed by atoms with Crippen LogP contribution in [0, 0.1) is 12.7 Å². The van der Waals surface area contributed by atoms with Crippen molar-refractivity contribution >= 4 is 5.97 Å². The van der Waals surface area contributed by atoms with E-state index in [1.807, 2.05) is 0 Å². The SMILES string of the molecule is Cc1cc(O)c(CCCC(=O)O)cc1F. The Hall–Kier alpha value is -1.58. The minimum atomic E-state index is -0.887. The van der Waals surface area contributed by atoms with Gasteiger partial charge in [-0.25, -0.2) is 4.39 Å². The molecule has 1 aromatic rings. The number of carbonyl (C=O) groups is 1. The quantitative estimate of drug-likeness (QED) is 0.804. The van der Waals surface area contributed by atoms with Crippen molar-refractivity contribution in [1.29, 1.82) is 0 Å². The number of carboxylic acid groups (broad SMARTS) is 1. The highest BCUT2D eigenvalue weighted by Gasteiger charge is 2.07. The third-order valence-electron chi connectivity index (χ3n) is 2.20. The van der Waals surface area contributed by atoms with Gasteiger partial charge in [-0.1, -0.05) is 0 Å². The molecule has 0 saturated carbocycles. The number of hydrogen-bond donors (Lipinski definition) is 2. The van der Waals surface area contributed by atoms with Gasteiger partial charge in [0, 0.05) is 6.42 Å². The summed E-state index contributed by atoms with van der Waals surface area (Å²) in [5, 5.41) is 17.9. The first-order valence-corrected chi connectivity index (χ1v) is 4.70. The second-order valence-corrected chi connectivity index (χ2v) is 3.48. The Labute approximate surface area is 87.2 Å². The molecule has 0 heterocycles. The number of aliphatic carboxylic acids is 1. The summed E-state index contributed by atoms with van der Waals surface area (Å²) in [6, 6.07) is 2.61. The van der Waals surface area contributed by atoms with E-state index in [1.54, 1.807) is 6.92 Å². The van der Waals surface area contributed by atoms with Crippen LogP contribution in [0.4, 0.5) is 4.39 Å². The molecule has 4 heteroatoms. The predicted molar refractivity (Wildman–Crippen MR) is 53.4 cm³/mol. The number of rotatable bonds is 4. The summed E-state index contributed by atoms with van der Waals surface area (Å²) in [5.74, 6) is -1.24. The largest absolute Gasteiger partial charge is 0.508 e. The maximum atomic E-state index is 13.1. The Morgan fingerprint density at radius 1 is 1.47 bits per heavy atom. The lowest BCUT2D eigenvalue weighted by molar-refractivity contribution is -0.137. The Morgan fingerprint density at radius 2 is 2.13 bits per heavy atom. The minimum absolute atomic E-state index is 0.0228. The van der Waals surface area contributed by atoms with Crippen molar-refractivity contribution in [3.63, 3.8) is 0 Å². The van der Waals surface area contributed by atoms with E-state index in [0.717, 1.165) is 0 Å². The van der Waals surface area contributed by atoms with Crippen LogP contribution in [-0.2, 0) is 11.2 Å². The van der Waals surface area contributed by atoms with Crippen molar-refractivity contribution in [3.05, 3.63) is 29.1 Å². The molecule has 1 rings (SSSR count).